The summed E-state index contributed by atoms with van der Waals surface area (Å²) in [4.78, 5) is 21.4. The molecule has 2 unspecified atom stereocenters. The molecule has 2 N–H and O–H groups in total. The first-order valence-corrected chi connectivity index (χ1v) is 9.25. The van der Waals surface area contributed by atoms with E-state index in [1.165, 1.54) is 0 Å². The molecule has 1 saturated carbocycles. The van der Waals surface area contributed by atoms with Crippen molar-refractivity contribution in [2.75, 3.05) is 19.7 Å². The van der Waals surface area contributed by atoms with E-state index < -0.39 is 12.7 Å². The highest BCUT2D eigenvalue weighted by Gasteiger charge is 2.68. The highest BCUT2D eigenvalue weighted by molar-refractivity contribution is 6.62. The molecule has 0 aromatic carbocycles. The molecule has 26 heavy (non-hydrogen) atoms. The monoisotopic (exact) mass is 355 g/mol. The van der Waals surface area contributed by atoms with Crippen LogP contribution >= 0.6 is 0 Å². The van der Waals surface area contributed by atoms with E-state index in [0.717, 1.165) is 34.9 Å². The van der Waals surface area contributed by atoms with Gasteiger partial charge in [0.15, 0.2) is 0 Å². The third-order valence-electron chi connectivity index (χ3n) is 6.77. The van der Waals surface area contributed by atoms with Gasteiger partial charge in [-0.2, -0.15) is 0 Å². The van der Waals surface area contributed by atoms with Crippen molar-refractivity contribution >= 4 is 29.7 Å². The van der Waals surface area contributed by atoms with Crippen LogP contribution in [0.1, 0.15) is 32.3 Å². The molecule has 1 saturated heterocycles. The number of carbonyl (C=O) groups is 1. The highest BCUT2D eigenvalue weighted by Crippen LogP contribution is 2.66. The predicted molar refractivity (Wildman–Crippen MR) is 95.9 cm³/mol. The van der Waals surface area contributed by atoms with E-state index >= 15 is 0 Å². The number of rotatable bonds is 1. The molecule has 1 amide bonds. The fourth-order valence-corrected chi connectivity index (χ4v) is 5.41. The van der Waals surface area contributed by atoms with Crippen molar-refractivity contribution in [3.8, 4) is 0 Å². The summed E-state index contributed by atoms with van der Waals surface area (Å²) in [6.45, 7) is 5.79. The first-order valence-electron chi connectivity index (χ1n) is 9.25. The molecule has 2 spiro atoms. The van der Waals surface area contributed by atoms with Crippen molar-refractivity contribution in [1.82, 2.24) is 14.9 Å². The first-order chi connectivity index (χ1) is 12.5. The van der Waals surface area contributed by atoms with Gasteiger partial charge in [0, 0.05) is 36.3 Å². The molecule has 0 bridgehead atoms. The zero-order valence-corrected chi connectivity index (χ0v) is 15.0. The Hall–Kier alpha value is -2.06. The van der Waals surface area contributed by atoms with Gasteiger partial charge in [-0.25, -0.2) is 9.78 Å². The number of H-pyrrole nitrogens is 1. The molecule has 8 heteroatoms. The van der Waals surface area contributed by atoms with Crippen molar-refractivity contribution in [3.63, 3.8) is 0 Å². The number of hydrogen-bond acceptors (Lipinski definition) is 5. The predicted octanol–water partition coefficient (Wildman–Crippen LogP) is 1.36. The summed E-state index contributed by atoms with van der Waals surface area (Å²) < 4.78 is 11.3. The minimum absolute atomic E-state index is 0.0139. The SMILES string of the molecule is CCOC(=O)N1CCC2(C1)CC1(OB(O)c3cnc4[nH]ccc4c31)[C@H]2C. The molecule has 7 nitrogen and oxygen atoms in total. The molecular formula is C18H22BN3O4. The fraction of sp³-hybridized carbons (Fsp3) is 0.556. The van der Waals surface area contributed by atoms with Crippen LogP contribution in [0.3, 0.4) is 0 Å². The van der Waals surface area contributed by atoms with Gasteiger partial charge in [0.1, 0.15) is 5.65 Å². The molecule has 4 heterocycles. The maximum absolute atomic E-state index is 12.1. The van der Waals surface area contributed by atoms with Crippen molar-refractivity contribution in [2.24, 2.45) is 11.3 Å². The van der Waals surface area contributed by atoms with Crippen molar-refractivity contribution in [1.29, 1.82) is 0 Å². The molecule has 136 valence electrons. The molecule has 2 fully saturated rings. The normalized spacial score (nSPS) is 32.5. The molecule has 2 aromatic heterocycles. The number of carbonyl (C=O) groups excluding carboxylic acids is 1. The van der Waals surface area contributed by atoms with Gasteiger partial charge in [0.05, 0.1) is 12.2 Å². The Morgan fingerprint density at radius 3 is 3.23 bits per heavy atom. The van der Waals surface area contributed by atoms with E-state index in [-0.39, 0.29) is 17.4 Å². The van der Waals surface area contributed by atoms with Gasteiger partial charge >= 0.3 is 13.2 Å². The Kier molecular flexibility index (Phi) is 3.25. The smallest absolute Gasteiger partial charge is 0.450 e. The maximum Gasteiger partial charge on any atom is 0.493 e. The Morgan fingerprint density at radius 1 is 1.62 bits per heavy atom. The molecule has 2 aliphatic heterocycles. The summed E-state index contributed by atoms with van der Waals surface area (Å²) in [6, 6.07) is 2.00. The number of nitrogens with zero attached hydrogens (tertiary/aromatic N) is 2. The summed E-state index contributed by atoms with van der Waals surface area (Å²) in [5, 5.41) is 11.5. The summed E-state index contributed by atoms with van der Waals surface area (Å²) in [5.41, 5.74) is 2.14. The Labute approximate surface area is 151 Å². The number of hydrogen-bond donors (Lipinski definition) is 2. The van der Waals surface area contributed by atoms with Crippen LogP contribution in [0.2, 0.25) is 0 Å². The average molecular weight is 355 g/mol. The van der Waals surface area contributed by atoms with Crippen molar-refractivity contribution in [3.05, 3.63) is 24.0 Å². The lowest BCUT2D eigenvalue weighted by atomic mass is 9.49. The van der Waals surface area contributed by atoms with Crippen molar-refractivity contribution in [2.45, 2.75) is 32.3 Å². The largest absolute Gasteiger partial charge is 0.493 e. The van der Waals surface area contributed by atoms with Crippen LogP contribution in [0.5, 0.6) is 0 Å². The van der Waals surface area contributed by atoms with Gasteiger partial charge in [0.25, 0.3) is 0 Å². The lowest BCUT2D eigenvalue weighted by molar-refractivity contribution is -0.171. The topological polar surface area (TPSA) is 87.7 Å². The van der Waals surface area contributed by atoms with Crippen LogP contribution in [0.4, 0.5) is 4.79 Å². The summed E-state index contributed by atoms with van der Waals surface area (Å²) >= 11 is 0. The van der Waals surface area contributed by atoms with Gasteiger partial charge in [-0.15, -0.1) is 0 Å². The number of ether oxygens (including phenoxy) is 1. The van der Waals surface area contributed by atoms with E-state index in [4.69, 9.17) is 9.39 Å². The van der Waals surface area contributed by atoms with E-state index in [9.17, 15) is 9.82 Å². The van der Waals surface area contributed by atoms with Crippen molar-refractivity contribution < 1.29 is 19.2 Å². The quantitative estimate of drug-likeness (QED) is 0.755. The second kappa shape index (κ2) is 5.23. The van der Waals surface area contributed by atoms with Crippen LogP contribution in [-0.4, -0.2) is 52.8 Å². The van der Waals surface area contributed by atoms with Gasteiger partial charge in [-0.3, -0.25) is 0 Å². The zero-order chi connectivity index (χ0) is 18.1. The number of aromatic nitrogens is 2. The molecule has 0 radical (unpaired) electrons. The Bertz CT molecular complexity index is 902. The van der Waals surface area contributed by atoms with Crippen LogP contribution < -0.4 is 5.46 Å². The molecule has 3 aliphatic rings. The van der Waals surface area contributed by atoms with Crippen LogP contribution in [0.15, 0.2) is 18.5 Å². The lowest BCUT2D eigenvalue weighted by Gasteiger charge is -2.59. The number of aromatic amines is 1. The molecule has 5 rings (SSSR count). The van der Waals surface area contributed by atoms with E-state index in [1.54, 1.807) is 11.1 Å². The molecule has 2 aromatic rings. The van der Waals surface area contributed by atoms with E-state index in [1.807, 2.05) is 19.2 Å². The maximum atomic E-state index is 12.1. The number of nitrogens with one attached hydrogen (secondary N) is 1. The number of likely N-dealkylation sites (tertiary alicyclic amines) is 1. The second-order valence-electron chi connectivity index (χ2n) is 7.82. The van der Waals surface area contributed by atoms with E-state index in [0.29, 0.717) is 19.7 Å². The summed E-state index contributed by atoms with van der Waals surface area (Å²) in [6.07, 6.45) is 5.08. The molecule has 1 aliphatic carbocycles. The minimum atomic E-state index is -0.945. The van der Waals surface area contributed by atoms with Gasteiger partial charge in [0.2, 0.25) is 0 Å². The van der Waals surface area contributed by atoms with E-state index in [2.05, 4.69) is 16.9 Å². The third-order valence-corrected chi connectivity index (χ3v) is 6.77. The molecular weight excluding hydrogens is 333 g/mol. The van der Waals surface area contributed by atoms with Crippen LogP contribution in [0, 0.1) is 11.3 Å². The van der Waals surface area contributed by atoms with Gasteiger partial charge in [-0.05, 0) is 42.7 Å². The highest BCUT2D eigenvalue weighted by atomic mass is 16.6. The van der Waals surface area contributed by atoms with Gasteiger partial charge in [-0.1, -0.05) is 6.92 Å². The molecule has 3 atom stereocenters. The number of amides is 1. The number of fused-ring (bicyclic) bond motifs is 4. The summed E-state index contributed by atoms with van der Waals surface area (Å²) in [7, 11) is -0.945. The second-order valence-corrected chi connectivity index (χ2v) is 7.82. The van der Waals surface area contributed by atoms with Gasteiger partial charge < -0.3 is 24.3 Å². The standard InChI is InChI=1S/C18H22BN3O4/c1-3-25-16(23)22-7-5-17(10-22)9-18(11(17)2)14-12-4-6-20-15(12)21-8-13(14)19(24)26-18/h4,6,8,11,24H,3,5,7,9-10H2,1-2H3,(H,20,21)/t11-,17?,18?/m0/s1. The van der Waals surface area contributed by atoms with Crippen LogP contribution in [-0.2, 0) is 15.0 Å². The fourth-order valence-electron chi connectivity index (χ4n) is 5.41. The first kappa shape index (κ1) is 16.1. The zero-order valence-electron chi connectivity index (χ0n) is 15.0. The number of pyridine rings is 1. The minimum Gasteiger partial charge on any atom is -0.450 e. The Morgan fingerprint density at radius 2 is 2.46 bits per heavy atom. The lowest BCUT2D eigenvalue weighted by Crippen LogP contribution is -2.60. The third kappa shape index (κ3) is 1.86. The summed E-state index contributed by atoms with van der Waals surface area (Å²) in [5.74, 6) is 0.186. The Balaban J connectivity index is 1.49. The average Bonchev–Trinajstić information content (AvgIpc) is 3.33. The van der Waals surface area contributed by atoms with Crippen LogP contribution in [0.25, 0.3) is 11.0 Å².